The van der Waals surface area contributed by atoms with Crippen molar-refractivity contribution in [3.05, 3.63) is 69.5 Å². The van der Waals surface area contributed by atoms with Crippen molar-refractivity contribution in [3.63, 3.8) is 0 Å². The van der Waals surface area contributed by atoms with Crippen molar-refractivity contribution in [2.75, 3.05) is 11.9 Å². The van der Waals surface area contributed by atoms with Gasteiger partial charge in [0.2, 0.25) is 11.8 Å². The van der Waals surface area contributed by atoms with E-state index >= 15 is 0 Å². The van der Waals surface area contributed by atoms with Crippen LogP contribution in [0.5, 0.6) is 0 Å². The second-order valence-corrected chi connectivity index (χ2v) is 9.20. The van der Waals surface area contributed by atoms with Gasteiger partial charge >= 0.3 is 0 Å². The topological polar surface area (TPSA) is 62.3 Å². The van der Waals surface area contributed by atoms with Gasteiger partial charge in [-0.25, -0.2) is 4.98 Å². The van der Waals surface area contributed by atoms with Crippen molar-refractivity contribution >= 4 is 44.2 Å². The predicted octanol–water partition coefficient (Wildman–Crippen LogP) is 4.87. The Morgan fingerprint density at radius 3 is 2.66 bits per heavy atom. The second kappa shape index (κ2) is 8.47. The van der Waals surface area contributed by atoms with Gasteiger partial charge in [0.25, 0.3) is 0 Å². The van der Waals surface area contributed by atoms with Gasteiger partial charge in [-0.1, -0.05) is 58.4 Å². The highest BCUT2D eigenvalue weighted by Gasteiger charge is 2.34. The number of anilines is 1. The Labute approximate surface area is 181 Å². The largest absolute Gasteiger partial charge is 0.338 e. The third kappa shape index (κ3) is 4.57. The molecule has 0 radical (unpaired) electrons. The van der Waals surface area contributed by atoms with E-state index in [9.17, 15) is 9.59 Å². The van der Waals surface area contributed by atoms with Crippen molar-refractivity contribution < 1.29 is 9.59 Å². The minimum absolute atomic E-state index is 0.0138. The molecule has 3 aromatic rings. The molecule has 29 heavy (non-hydrogen) atoms. The number of amides is 2. The Morgan fingerprint density at radius 2 is 1.93 bits per heavy atom. The molecule has 0 bridgehead atoms. The van der Waals surface area contributed by atoms with Gasteiger partial charge in [0, 0.05) is 34.4 Å². The number of hydrogen-bond donors (Lipinski definition) is 1. The van der Waals surface area contributed by atoms with E-state index in [0.29, 0.717) is 18.2 Å². The van der Waals surface area contributed by atoms with Gasteiger partial charge in [-0.3, -0.25) is 9.59 Å². The zero-order chi connectivity index (χ0) is 20.4. The number of rotatable bonds is 5. The molecular formula is C22H20BrN3O2S. The number of benzene rings is 2. The summed E-state index contributed by atoms with van der Waals surface area (Å²) in [5.74, 6) is -0.489. The number of halogens is 1. The lowest BCUT2D eigenvalue weighted by Gasteiger charge is -2.16. The maximum absolute atomic E-state index is 12.7. The average molecular weight is 470 g/mol. The summed E-state index contributed by atoms with van der Waals surface area (Å²) in [4.78, 5) is 32.5. The van der Waals surface area contributed by atoms with Crippen LogP contribution in [0.3, 0.4) is 0 Å². The molecule has 1 fully saturated rings. The lowest BCUT2D eigenvalue weighted by atomic mass is 10.1. The smallest absolute Gasteiger partial charge is 0.231 e. The summed E-state index contributed by atoms with van der Waals surface area (Å²) in [6.45, 7) is 2.96. The molecule has 1 N–H and O–H groups in total. The standard InChI is InChI=1S/C22H20BrN3O2S/c1-14-20(16-7-9-18(23)10-8-16)24-22(29-14)25-21(28)17-11-19(27)26(13-17)12-15-5-3-2-4-6-15/h2-10,17H,11-13H2,1H3,(H,24,25,28)/t17-/m1/s1. The number of hydrogen-bond acceptors (Lipinski definition) is 4. The Bertz CT molecular complexity index is 1030. The van der Waals surface area contributed by atoms with E-state index in [1.54, 1.807) is 4.90 Å². The Balaban J connectivity index is 1.41. The van der Waals surface area contributed by atoms with E-state index < -0.39 is 0 Å². The summed E-state index contributed by atoms with van der Waals surface area (Å²) in [6.07, 6.45) is 0.239. The summed E-state index contributed by atoms with van der Waals surface area (Å²) < 4.78 is 1.01. The number of aromatic nitrogens is 1. The van der Waals surface area contributed by atoms with Crippen LogP contribution in [0.25, 0.3) is 11.3 Å². The summed E-state index contributed by atoms with van der Waals surface area (Å²) in [5.41, 5.74) is 2.94. The minimum atomic E-state index is -0.355. The molecular weight excluding hydrogens is 450 g/mol. The number of carbonyl (C=O) groups excluding carboxylic acids is 2. The van der Waals surface area contributed by atoms with Gasteiger partial charge in [-0.15, -0.1) is 11.3 Å². The Morgan fingerprint density at radius 1 is 1.21 bits per heavy atom. The monoisotopic (exact) mass is 469 g/mol. The Kier molecular flexibility index (Phi) is 5.78. The molecule has 1 aromatic heterocycles. The molecule has 0 unspecified atom stereocenters. The van der Waals surface area contributed by atoms with E-state index in [4.69, 9.17) is 0 Å². The van der Waals surface area contributed by atoms with Crippen LogP contribution >= 0.6 is 27.3 Å². The molecule has 148 valence electrons. The van der Waals surface area contributed by atoms with E-state index in [0.717, 1.165) is 26.2 Å². The molecule has 0 spiro atoms. The maximum Gasteiger partial charge on any atom is 0.231 e. The third-order valence-corrected chi connectivity index (χ3v) is 6.36. The lowest BCUT2D eigenvalue weighted by molar-refractivity contribution is -0.128. The van der Waals surface area contributed by atoms with Crippen LogP contribution in [-0.2, 0) is 16.1 Å². The van der Waals surface area contributed by atoms with Crippen molar-refractivity contribution in [3.8, 4) is 11.3 Å². The molecule has 1 aliphatic rings. The van der Waals surface area contributed by atoms with Crippen LogP contribution in [-0.4, -0.2) is 28.2 Å². The van der Waals surface area contributed by atoms with Crippen molar-refractivity contribution in [1.29, 1.82) is 0 Å². The molecule has 4 rings (SSSR count). The zero-order valence-electron chi connectivity index (χ0n) is 15.9. The first kappa shape index (κ1) is 19.8. The van der Waals surface area contributed by atoms with Crippen LogP contribution in [0.1, 0.15) is 16.9 Å². The highest BCUT2D eigenvalue weighted by molar-refractivity contribution is 9.10. The van der Waals surface area contributed by atoms with Crippen molar-refractivity contribution in [2.45, 2.75) is 19.9 Å². The van der Waals surface area contributed by atoms with Crippen molar-refractivity contribution in [1.82, 2.24) is 9.88 Å². The SMILES string of the molecule is Cc1sc(NC(=O)[C@@H]2CC(=O)N(Cc3ccccc3)C2)nc1-c1ccc(Br)cc1. The fourth-order valence-electron chi connectivity index (χ4n) is 3.44. The molecule has 5 nitrogen and oxygen atoms in total. The van der Waals surface area contributed by atoms with Gasteiger partial charge in [0.1, 0.15) is 0 Å². The molecule has 2 aromatic carbocycles. The number of nitrogens with one attached hydrogen (secondary N) is 1. The van der Waals surface area contributed by atoms with Gasteiger partial charge in [0.15, 0.2) is 5.13 Å². The van der Waals surface area contributed by atoms with E-state index in [1.165, 1.54) is 11.3 Å². The van der Waals surface area contributed by atoms with E-state index in [1.807, 2.05) is 61.5 Å². The van der Waals surface area contributed by atoms with Crippen LogP contribution in [0.4, 0.5) is 5.13 Å². The number of thiazole rings is 1. The van der Waals surface area contributed by atoms with Crippen molar-refractivity contribution in [2.24, 2.45) is 5.92 Å². The molecule has 1 atom stereocenters. The minimum Gasteiger partial charge on any atom is -0.338 e. The molecule has 0 aliphatic carbocycles. The summed E-state index contributed by atoms with van der Waals surface area (Å²) in [7, 11) is 0. The van der Waals surface area contributed by atoms with Crippen LogP contribution in [0.15, 0.2) is 59.1 Å². The number of aryl methyl sites for hydroxylation is 1. The highest BCUT2D eigenvalue weighted by Crippen LogP contribution is 2.32. The molecule has 2 heterocycles. The third-order valence-electron chi connectivity index (χ3n) is 4.95. The molecule has 7 heteroatoms. The molecule has 1 saturated heterocycles. The predicted molar refractivity (Wildman–Crippen MR) is 119 cm³/mol. The Hall–Kier alpha value is -2.51. The van der Waals surface area contributed by atoms with Gasteiger partial charge in [-0.2, -0.15) is 0 Å². The first-order valence-electron chi connectivity index (χ1n) is 9.35. The molecule has 2 amide bonds. The first-order valence-corrected chi connectivity index (χ1v) is 11.0. The van der Waals surface area contributed by atoms with Gasteiger partial charge in [0.05, 0.1) is 11.6 Å². The van der Waals surface area contributed by atoms with Crippen LogP contribution < -0.4 is 5.32 Å². The summed E-state index contributed by atoms with van der Waals surface area (Å²) in [6, 6.07) is 17.8. The van der Waals surface area contributed by atoms with Gasteiger partial charge < -0.3 is 10.2 Å². The maximum atomic E-state index is 12.7. The van der Waals surface area contributed by atoms with Crippen LogP contribution in [0.2, 0.25) is 0 Å². The quantitative estimate of drug-likeness (QED) is 0.579. The first-order chi connectivity index (χ1) is 14.0. The summed E-state index contributed by atoms with van der Waals surface area (Å²) >= 11 is 4.89. The fourth-order valence-corrected chi connectivity index (χ4v) is 4.54. The van der Waals surface area contributed by atoms with Gasteiger partial charge in [-0.05, 0) is 24.6 Å². The molecule has 1 aliphatic heterocycles. The fraction of sp³-hybridized carbons (Fsp3) is 0.227. The number of nitrogens with zero attached hydrogens (tertiary/aromatic N) is 2. The summed E-state index contributed by atoms with van der Waals surface area (Å²) in [5, 5.41) is 3.48. The number of likely N-dealkylation sites (tertiary alicyclic amines) is 1. The normalized spacial score (nSPS) is 16.3. The lowest BCUT2D eigenvalue weighted by Crippen LogP contribution is -2.28. The van der Waals surface area contributed by atoms with E-state index in [2.05, 4.69) is 26.2 Å². The average Bonchev–Trinajstić information content (AvgIpc) is 3.26. The second-order valence-electron chi connectivity index (χ2n) is 7.08. The molecule has 0 saturated carbocycles. The number of carbonyl (C=O) groups is 2. The van der Waals surface area contributed by atoms with Crippen LogP contribution in [0, 0.1) is 12.8 Å². The van der Waals surface area contributed by atoms with E-state index in [-0.39, 0.29) is 24.2 Å². The highest BCUT2D eigenvalue weighted by atomic mass is 79.9. The zero-order valence-corrected chi connectivity index (χ0v) is 18.3.